The molecule has 2 aromatic carbocycles. The Balaban J connectivity index is 1.91. The van der Waals surface area contributed by atoms with Gasteiger partial charge in [0.25, 0.3) is 0 Å². The summed E-state index contributed by atoms with van der Waals surface area (Å²) in [5.41, 5.74) is 3.38. The molecule has 0 spiro atoms. The first-order chi connectivity index (χ1) is 18.4. The molecule has 1 aliphatic heterocycles. The maximum absolute atomic E-state index is 14.4. The zero-order valence-corrected chi connectivity index (χ0v) is 22.3. The van der Waals surface area contributed by atoms with Gasteiger partial charge in [-0.05, 0) is 51.0 Å². The molecule has 8 nitrogen and oxygen atoms in total. The van der Waals surface area contributed by atoms with Gasteiger partial charge in [-0.15, -0.1) is 0 Å². The first-order valence-corrected chi connectivity index (χ1v) is 12.7. The fourth-order valence-electron chi connectivity index (χ4n) is 5.40. The van der Waals surface area contributed by atoms with Crippen LogP contribution in [0.3, 0.4) is 0 Å². The van der Waals surface area contributed by atoms with Gasteiger partial charge in [0.1, 0.15) is 17.4 Å². The normalized spacial score (nSPS) is 20.9. The van der Waals surface area contributed by atoms with E-state index in [4.69, 9.17) is 18.9 Å². The van der Waals surface area contributed by atoms with Crippen molar-refractivity contribution in [3.05, 3.63) is 82.2 Å². The Morgan fingerprint density at radius 2 is 1.63 bits per heavy atom. The van der Waals surface area contributed by atoms with Gasteiger partial charge < -0.3 is 24.3 Å². The molecule has 4 rings (SSSR count). The maximum Gasteiger partial charge on any atom is 0.336 e. The number of hydrogen-bond acceptors (Lipinski definition) is 8. The Kier molecular flexibility index (Phi) is 8.20. The van der Waals surface area contributed by atoms with Crippen LogP contribution >= 0.6 is 0 Å². The average Bonchev–Trinajstić information content (AvgIpc) is 2.92. The molecule has 1 heterocycles. The van der Waals surface area contributed by atoms with E-state index in [1.807, 2.05) is 42.5 Å². The number of carbonyl (C=O) groups excluding carboxylic acids is 3. The lowest BCUT2D eigenvalue weighted by molar-refractivity contribution is -0.152. The van der Waals surface area contributed by atoms with Crippen molar-refractivity contribution in [2.75, 3.05) is 27.4 Å². The summed E-state index contributed by atoms with van der Waals surface area (Å²) in [6.45, 7) is 5.56. The minimum atomic E-state index is -1.08. The quantitative estimate of drug-likeness (QED) is 0.404. The van der Waals surface area contributed by atoms with E-state index in [9.17, 15) is 14.4 Å². The average molecular weight is 520 g/mol. The third kappa shape index (κ3) is 4.90. The molecule has 3 atom stereocenters. The van der Waals surface area contributed by atoms with Gasteiger partial charge in [0, 0.05) is 28.4 Å². The second kappa shape index (κ2) is 11.5. The number of carbonyl (C=O) groups is 3. The molecule has 3 unspecified atom stereocenters. The fourth-order valence-corrected chi connectivity index (χ4v) is 5.40. The summed E-state index contributed by atoms with van der Waals surface area (Å²) in [6.07, 6.45) is 0.371. The van der Waals surface area contributed by atoms with Crippen LogP contribution in [0, 0.1) is 5.92 Å². The summed E-state index contributed by atoms with van der Waals surface area (Å²) in [6, 6.07) is 14.6. The molecular formula is C30H33NO7. The summed E-state index contributed by atoms with van der Waals surface area (Å²) in [5.74, 6) is -2.62. The summed E-state index contributed by atoms with van der Waals surface area (Å²) in [5, 5.41) is 3.31. The monoisotopic (exact) mass is 519 g/mol. The molecule has 8 heteroatoms. The fraction of sp³-hybridized carbons (Fsp3) is 0.367. The van der Waals surface area contributed by atoms with Crippen molar-refractivity contribution in [1.82, 2.24) is 5.32 Å². The van der Waals surface area contributed by atoms with Crippen LogP contribution in [0.4, 0.5) is 0 Å². The standard InChI is InChI=1S/C30H33NO7/c1-6-37-29(33)24-17(3)31-22-16-21(18-12-14-19(35-4)15-13-18)26(30(34)38-7-2)28(32)27(22)25(24)20-10-8-9-11-23(20)36-5/h8-15,21,25-26,31H,6-7,16H2,1-5H3. The first kappa shape index (κ1) is 27.0. The van der Waals surface area contributed by atoms with Gasteiger partial charge in [0.05, 0.1) is 38.9 Å². The highest BCUT2D eigenvalue weighted by atomic mass is 16.5. The predicted octanol–water partition coefficient (Wildman–Crippen LogP) is 4.42. The maximum atomic E-state index is 14.4. The van der Waals surface area contributed by atoms with Crippen LogP contribution in [-0.4, -0.2) is 45.2 Å². The number of nitrogens with one attached hydrogen (secondary N) is 1. The number of benzene rings is 2. The molecule has 1 N–H and O–H groups in total. The van der Waals surface area contributed by atoms with Gasteiger partial charge in [-0.3, -0.25) is 9.59 Å². The molecule has 0 bridgehead atoms. The lowest BCUT2D eigenvalue weighted by atomic mass is 9.67. The smallest absolute Gasteiger partial charge is 0.336 e. The number of para-hydroxylation sites is 1. The van der Waals surface area contributed by atoms with Crippen molar-refractivity contribution in [2.45, 2.75) is 39.0 Å². The van der Waals surface area contributed by atoms with Crippen molar-refractivity contribution in [3.8, 4) is 11.5 Å². The number of esters is 2. The van der Waals surface area contributed by atoms with Gasteiger partial charge in [0.15, 0.2) is 5.78 Å². The van der Waals surface area contributed by atoms with Crippen LogP contribution in [0.25, 0.3) is 0 Å². The van der Waals surface area contributed by atoms with Crippen molar-refractivity contribution in [2.24, 2.45) is 5.92 Å². The second-order valence-electron chi connectivity index (χ2n) is 9.13. The largest absolute Gasteiger partial charge is 0.497 e. The first-order valence-electron chi connectivity index (χ1n) is 12.7. The van der Waals surface area contributed by atoms with E-state index in [-0.39, 0.29) is 19.0 Å². The van der Waals surface area contributed by atoms with Crippen molar-refractivity contribution in [1.29, 1.82) is 0 Å². The molecule has 0 aromatic heterocycles. The Hall–Kier alpha value is -4.07. The summed E-state index contributed by atoms with van der Waals surface area (Å²) < 4.78 is 21.7. The topological polar surface area (TPSA) is 100 Å². The van der Waals surface area contributed by atoms with Crippen LogP contribution < -0.4 is 14.8 Å². The highest BCUT2D eigenvalue weighted by Crippen LogP contribution is 2.49. The van der Waals surface area contributed by atoms with E-state index in [0.717, 1.165) is 5.56 Å². The van der Waals surface area contributed by atoms with Crippen molar-refractivity contribution < 1.29 is 33.3 Å². The van der Waals surface area contributed by atoms with E-state index in [1.54, 1.807) is 41.1 Å². The lowest BCUT2D eigenvalue weighted by Gasteiger charge is -2.39. The van der Waals surface area contributed by atoms with E-state index in [0.29, 0.717) is 46.0 Å². The number of rotatable bonds is 8. The number of methoxy groups -OCH3 is 2. The van der Waals surface area contributed by atoms with Crippen LogP contribution in [0.15, 0.2) is 71.1 Å². The van der Waals surface area contributed by atoms with E-state index >= 15 is 0 Å². The summed E-state index contributed by atoms with van der Waals surface area (Å²) >= 11 is 0. The number of allylic oxidation sites excluding steroid dienone is 3. The molecule has 200 valence electrons. The minimum Gasteiger partial charge on any atom is -0.497 e. The zero-order chi connectivity index (χ0) is 27.4. The van der Waals surface area contributed by atoms with Crippen LogP contribution in [0.5, 0.6) is 11.5 Å². The highest BCUT2D eigenvalue weighted by molar-refractivity contribution is 6.13. The summed E-state index contributed by atoms with van der Waals surface area (Å²) in [7, 11) is 3.12. The molecule has 0 fully saturated rings. The third-order valence-electron chi connectivity index (χ3n) is 7.05. The molecule has 2 aliphatic rings. The molecule has 0 radical (unpaired) electrons. The van der Waals surface area contributed by atoms with Crippen LogP contribution in [-0.2, 0) is 23.9 Å². The second-order valence-corrected chi connectivity index (χ2v) is 9.13. The molecule has 0 saturated heterocycles. The predicted molar refractivity (Wildman–Crippen MR) is 141 cm³/mol. The molecule has 0 amide bonds. The zero-order valence-electron chi connectivity index (χ0n) is 22.3. The Labute approximate surface area is 222 Å². The molecular weight excluding hydrogens is 486 g/mol. The highest BCUT2D eigenvalue weighted by Gasteiger charge is 2.49. The minimum absolute atomic E-state index is 0.144. The van der Waals surface area contributed by atoms with Gasteiger partial charge in [-0.25, -0.2) is 4.79 Å². The number of ether oxygens (including phenoxy) is 4. The Bertz CT molecular complexity index is 1290. The summed E-state index contributed by atoms with van der Waals surface area (Å²) in [4.78, 5) is 40.9. The van der Waals surface area contributed by atoms with E-state index in [1.165, 1.54) is 0 Å². The van der Waals surface area contributed by atoms with Crippen molar-refractivity contribution in [3.63, 3.8) is 0 Å². The number of ketones is 1. The Morgan fingerprint density at radius 3 is 2.26 bits per heavy atom. The van der Waals surface area contributed by atoms with Crippen LogP contribution in [0.1, 0.15) is 50.2 Å². The molecule has 2 aromatic rings. The molecule has 1 aliphatic carbocycles. The van der Waals surface area contributed by atoms with E-state index < -0.39 is 29.7 Å². The molecule has 38 heavy (non-hydrogen) atoms. The third-order valence-corrected chi connectivity index (χ3v) is 7.05. The van der Waals surface area contributed by atoms with Gasteiger partial charge in [-0.1, -0.05) is 30.3 Å². The van der Waals surface area contributed by atoms with Crippen molar-refractivity contribution >= 4 is 17.7 Å². The van der Waals surface area contributed by atoms with Gasteiger partial charge in [0.2, 0.25) is 0 Å². The molecule has 0 saturated carbocycles. The Morgan fingerprint density at radius 1 is 0.947 bits per heavy atom. The SMILES string of the molecule is CCOC(=O)C1=C(C)NC2=C(C(=O)C(C(=O)OCC)C(c3ccc(OC)cc3)C2)C1c1ccccc1OC. The number of hydrogen-bond donors (Lipinski definition) is 1. The lowest BCUT2D eigenvalue weighted by Crippen LogP contribution is -2.43. The van der Waals surface area contributed by atoms with Gasteiger partial charge >= 0.3 is 11.9 Å². The van der Waals surface area contributed by atoms with E-state index in [2.05, 4.69) is 5.32 Å². The van der Waals surface area contributed by atoms with Crippen LogP contribution in [0.2, 0.25) is 0 Å². The van der Waals surface area contributed by atoms with Gasteiger partial charge in [-0.2, -0.15) is 0 Å². The number of Topliss-reactive ketones (excluding diaryl/α,β-unsaturated/α-hetero) is 1. The number of dihydropyridines is 1.